The van der Waals surface area contributed by atoms with Crippen LogP contribution in [0.15, 0.2) is 0 Å². The molecule has 0 spiro atoms. The van der Waals surface area contributed by atoms with Gasteiger partial charge in [0.05, 0.1) is 39.6 Å². The number of aliphatic hydroxyl groups is 15. The standard InChI is InChI=1S/2C6H14O6.C3H8O3/c2*7-1-3(9)5(11)6(12)4(10)2-8;4-1-3(6)2-5/h2*3-12H,1-2H2;3-6H,1-2H2. The van der Waals surface area contributed by atoms with Crippen molar-refractivity contribution in [1.29, 1.82) is 0 Å². The molecule has 0 aliphatic rings. The van der Waals surface area contributed by atoms with Crippen molar-refractivity contribution in [1.82, 2.24) is 0 Å². The third-order valence-corrected chi connectivity index (χ3v) is 3.45. The van der Waals surface area contributed by atoms with Crippen LogP contribution in [-0.4, -0.2) is 171 Å². The van der Waals surface area contributed by atoms with Crippen LogP contribution in [0.4, 0.5) is 0 Å². The molecular formula is C15H36O15. The lowest BCUT2D eigenvalue weighted by molar-refractivity contribution is -0.123. The Labute approximate surface area is 172 Å². The zero-order valence-corrected chi connectivity index (χ0v) is 16.1. The lowest BCUT2D eigenvalue weighted by Gasteiger charge is -2.24. The molecular weight excluding hydrogens is 420 g/mol. The Kier molecular flexibility index (Phi) is 23.0. The highest BCUT2D eigenvalue weighted by Crippen LogP contribution is 2.04. The van der Waals surface area contributed by atoms with Crippen LogP contribution in [0.3, 0.4) is 0 Å². The highest BCUT2D eigenvalue weighted by atomic mass is 16.4. The fourth-order valence-electron chi connectivity index (χ4n) is 1.40. The van der Waals surface area contributed by atoms with Gasteiger partial charge in [0.25, 0.3) is 0 Å². The molecule has 0 rings (SSSR count). The van der Waals surface area contributed by atoms with Gasteiger partial charge in [-0.25, -0.2) is 0 Å². The van der Waals surface area contributed by atoms with Crippen LogP contribution in [0.1, 0.15) is 0 Å². The molecule has 15 heteroatoms. The Morgan fingerprint density at radius 2 is 0.467 bits per heavy atom. The molecule has 30 heavy (non-hydrogen) atoms. The zero-order chi connectivity index (χ0) is 24.4. The van der Waals surface area contributed by atoms with Crippen molar-refractivity contribution >= 4 is 0 Å². The van der Waals surface area contributed by atoms with Gasteiger partial charge in [-0.15, -0.1) is 0 Å². The quantitative estimate of drug-likeness (QED) is 0.130. The van der Waals surface area contributed by atoms with Gasteiger partial charge in [-0.3, -0.25) is 0 Å². The molecule has 186 valence electrons. The summed E-state index contributed by atoms with van der Waals surface area (Å²) in [6.07, 6.45) is -13.7. The molecule has 0 fully saturated rings. The van der Waals surface area contributed by atoms with E-state index in [1.807, 2.05) is 0 Å². The maximum Gasteiger partial charge on any atom is 0.111 e. The molecule has 15 nitrogen and oxygen atoms in total. The van der Waals surface area contributed by atoms with Crippen LogP contribution < -0.4 is 0 Å². The first-order valence-corrected chi connectivity index (χ1v) is 8.67. The van der Waals surface area contributed by atoms with Gasteiger partial charge in [0.1, 0.15) is 54.9 Å². The molecule has 0 aliphatic carbocycles. The summed E-state index contributed by atoms with van der Waals surface area (Å²) < 4.78 is 0. The van der Waals surface area contributed by atoms with E-state index in [1.165, 1.54) is 0 Å². The van der Waals surface area contributed by atoms with Gasteiger partial charge < -0.3 is 76.6 Å². The van der Waals surface area contributed by atoms with Gasteiger partial charge in [-0.2, -0.15) is 0 Å². The molecule has 0 heterocycles. The van der Waals surface area contributed by atoms with Crippen LogP contribution in [0, 0.1) is 0 Å². The molecule has 8 unspecified atom stereocenters. The Morgan fingerprint density at radius 1 is 0.300 bits per heavy atom. The van der Waals surface area contributed by atoms with E-state index in [0.717, 1.165) is 0 Å². The van der Waals surface area contributed by atoms with E-state index in [1.54, 1.807) is 0 Å². The summed E-state index contributed by atoms with van der Waals surface area (Å²) in [5.41, 5.74) is 0. The molecule has 0 saturated heterocycles. The van der Waals surface area contributed by atoms with Crippen molar-refractivity contribution in [2.45, 2.75) is 54.9 Å². The molecule has 15 N–H and O–H groups in total. The molecule has 0 radical (unpaired) electrons. The summed E-state index contributed by atoms with van der Waals surface area (Å²) in [6.45, 7) is -3.63. The average Bonchev–Trinajstić information content (AvgIpc) is 2.79. The fourth-order valence-corrected chi connectivity index (χ4v) is 1.40. The van der Waals surface area contributed by atoms with Crippen molar-refractivity contribution in [3.63, 3.8) is 0 Å². The Hall–Kier alpha value is -0.600. The molecule has 0 saturated carbocycles. The number of rotatable bonds is 12. The van der Waals surface area contributed by atoms with Gasteiger partial charge in [-0.1, -0.05) is 0 Å². The second-order valence-electron chi connectivity index (χ2n) is 5.98. The average molecular weight is 456 g/mol. The number of hydrogen-bond donors (Lipinski definition) is 15. The molecule has 0 aromatic heterocycles. The first-order valence-electron chi connectivity index (χ1n) is 8.67. The van der Waals surface area contributed by atoms with E-state index in [9.17, 15) is 0 Å². The summed E-state index contributed by atoms with van der Waals surface area (Å²) in [6, 6.07) is 0. The maximum absolute atomic E-state index is 8.96. The first-order chi connectivity index (χ1) is 13.9. The summed E-state index contributed by atoms with van der Waals surface area (Å²) >= 11 is 0. The van der Waals surface area contributed by atoms with E-state index in [4.69, 9.17) is 76.6 Å². The summed E-state index contributed by atoms with van der Waals surface area (Å²) in [5.74, 6) is 0. The number of aliphatic hydroxyl groups excluding tert-OH is 15. The molecule has 0 aliphatic heterocycles. The van der Waals surface area contributed by atoms with E-state index in [-0.39, 0.29) is 13.2 Å². The van der Waals surface area contributed by atoms with E-state index in [0.29, 0.717) is 0 Å². The van der Waals surface area contributed by atoms with E-state index in [2.05, 4.69) is 0 Å². The Balaban J connectivity index is -0.000000386. The topological polar surface area (TPSA) is 303 Å². The molecule has 8 atom stereocenters. The van der Waals surface area contributed by atoms with Crippen LogP contribution >= 0.6 is 0 Å². The fraction of sp³-hybridized carbons (Fsp3) is 1.00. The molecule has 0 aromatic carbocycles. The smallest absolute Gasteiger partial charge is 0.111 e. The van der Waals surface area contributed by atoms with Gasteiger partial charge in [0, 0.05) is 0 Å². The van der Waals surface area contributed by atoms with Crippen molar-refractivity contribution in [3.05, 3.63) is 0 Å². The second kappa shape index (κ2) is 20.3. The predicted molar refractivity (Wildman–Crippen MR) is 96.6 cm³/mol. The van der Waals surface area contributed by atoms with Gasteiger partial charge >= 0.3 is 0 Å². The zero-order valence-electron chi connectivity index (χ0n) is 16.1. The van der Waals surface area contributed by atoms with Gasteiger partial charge in [0.2, 0.25) is 0 Å². The lowest BCUT2D eigenvalue weighted by atomic mass is 10.0. The molecule has 0 amide bonds. The SMILES string of the molecule is OCC(O)C(O)C(O)C(O)CO.OCC(O)C(O)C(O)C(O)CO.OCC(O)CO. The summed E-state index contributed by atoms with van der Waals surface area (Å²) in [7, 11) is 0. The Bertz CT molecular complexity index is 303. The lowest BCUT2D eigenvalue weighted by Crippen LogP contribution is -2.46. The molecule has 0 aromatic rings. The van der Waals surface area contributed by atoms with Crippen molar-refractivity contribution < 1.29 is 76.6 Å². The van der Waals surface area contributed by atoms with Crippen molar-refractivity contribution in [2.24, 2.45) is 0 Å². The monoisotopic (exact) mass is 456 g/mol. The van der Waals surface area contributed by atoms with Gasteiger partial charge in [0.15, 0.2) is 0 Å². The minimum absolute atomic E-state index is 0.365. The largest absolute Gasteiger partial charge is 0.394 e. The van der Waals surface area contributed by atoms with E-state index >= 15 is 0 Å². The number of hydrogen-bond acceptors (Lipinski definition) is 15. The van der Waals surface area contributed by atoms with Gasteiger partial charge in [-0.05, 0) is 0 Å². The van der Waals surface area contributed by atoms with Crippen LogP contribution in [-0.2, 0) is 0 Å². The predicted octanol–water partition coefficient (Wildman–Crippen LogP) is -8.84. The van der Waals surface area contributed by atoms with E-state index < -0.39 is 81.4 Å². The highest BCUT2D eigenvalue weighted by Gasteiger charge is 2.30. The first kappa shape index (κ1) is 34.0. The minimum atomic E-state index is -1.67. The highest BCUT2D eigenvalue weighted by molar-refractivity contribution is 4.80. The third kappa shape index (κ3) is 15.2. The normalized spacial score (nSPS) is 19.2. The minimum Gasteiger partial charge on any atom is -0.394 e. The maximum atomic E-state index is 8.96. The molecule has 0 bridgehead atoms. The van der Waals surface area contributed by atoms with Crippen molar-refractivity contribution in [3.8, 4) is 0 Å². The van der Waals surface area contributed by atoms with Crippen LogP contribution in [0.2, 0.25) is 0 Å². The summed E-state index contributed by atoms with van der Waals surface area (Å²) in [4.78, 5) is 0. The summed E-state index contributed by atoms with van der Waals surface area (Å²) in [5, 5.41) is 128. The Morgan fingerprint density at radius 3 is 0.533 bits per heavy atom. The van der Waals surface area contributed by atoms with Crippen LogP contribution in [0.5, 0.6) is 0 Å². The second-order valence-corrected chi connectivity index (χ2v) is 5.98. The third-order valence-electron chi connectivity index (χ3n) is 3.45. The van der Waals surface area contributed by atoms with Crippen LogP contribution in [0.25, 0.3) is 0 Å². The van der Waals surface area contributed by atoms with Crippen molar-refractivity contribution in [2.75, 3.05) is 39.6 Å².